The number of carbonyl (C=O) groups excluding carboxylic acids is 2. The van der Waals surface area contributed by atoms with E-state index < -0.39 is 0 Å². The van der Waals surface area contributed by atoms with Gasteiger partial charge in [-0.05, 0) is 55.0 Å². The van der Waals surface area contributed by atoms with Crippen LogP contribution in [0.15, 0.2) is 48.5 Å². The van der Waals surface area contributed by atoms with Crippen LogP contribution in [-0.4, -0.2) is 31.6 Å². The van der Waals surface area contributed by atoms with Gasteiger partial charge in [-0.2, -0.15) is 0 Å². The third-order valence-electron chi connectivity index (χ3n) is 3.24. The molecule has 0 fully saturated rings. The Hall–Kier alpha value is -2.73. The van der Waals surface area contributed by atoms with Crippen molar-refractivity contribution in [1.82, 2.24) is 5.32 Å². The maximum atomic E-state index is 11.8. The van der Waals surface area contributed by atoms with Gasteiger partial charge in [0, 0.05) is 10.7 Å². The summed E-state index contributed by atoms with van der Waals surface area (Å²) >= 11 is 5.78. The molecule has 0 spiro atoms. The number of rotatable bonds is 9. The van der Waals surface area contributed by atoms with Crippen LogP contribution in [0.3, 0.4) is 0 Å². The summed E-state index contributed by atoms with van der Waals surface area (Å²) in [6.45, 7) is 2.37. The fraction of sp³-hybridized carbons (Fsp3) is 0.263. The quantitative estimate of drug-likeness (QED) is 0.704. The molecule has 0 radical (unpaired) electrons. The molecule has 2 aromatic carbocycles. The molecule has 0 bridgehead atoms. The maximum absolute atomic E-state index is 11.8. The Morgan fingerprint density at radius 3 is 2.15 bits per heavy atom. The van der Waals surface area contributed by atoms with Gasteiger partial charge >= 0.3 is 0 Å². The number of ether oxygens (including phenoxy) is 2. The van der Waals surface area contributed by atoms with E-state index in [9.17, 15) is 9.59 Å². The summed E-state index contributed by atoms with van der Waals surface area (Å²) in [6, 6.07) is 13.7. The Labute approximate surface area is 157 Å². The molecule has 2 N–H and O–H groups in total. The van der Waals surface area contributed by atoms with Gasteiger partial charge in [0.25, 0.3) is 5.91 Å². The molecular formula is C19H21ClN2O4. The normalized spacial score (nSPS) is 10.1. The second-order valence-electron chi connectivity index (χ2n) is 5.44. The lowest BCUT2D eigenvalue weighted by Crippen LogP contribution is -2.35. The number of halogens is 1. The Morgan fingerprint density at radius 2 is 1.54 bits per heavy atom. The van der Waals surface area contributed by atoms with Crippen molar-refractivity contribution in [3.05, 3.63) is 53.6 Å². The van der Waals surface area contributed by atoms with E-state index in [1.54, 1.807) is 48.5 Å². The molecule has 0 atom stereocenters. The van der Waals surface area contributed by atoms with E-state index in [1.165, 1.54) is 0 Å². The van der Waals surface area contributed by atoms with Crippen molar-refractivity contribution >= 4 is 29.1 Å². The minimum absolute atomic E-state index is 0.144. The average Bonchev–Trinajstić information content (AvgIpc) is 2.65. The van der Waals surface area contributed by atoms with Gasteiger partial charge in [0.05, 0.1) is 13.2 Å². The third kappa shape index (κ3) is 7.03. The predicted molar refractivity (Wildman–Crippen MR) is 101 cm³/mol. The van der Waals surface area contributed by atoms with Crippen LogP contribution < -0.4 is 20.1 Å². The Kier molecular flexibility index (Phi) is 7.76. The van der Waals surface area contributed by atoms with Crippen molar-refractivity contribution < 1.29 is 19.1 Å². The molecule has 0 aliphatic carbocycles. The van der Waals surface area contributed by atoms with Crippen LogP contribution in [0, 0.1) is 0 Å². The van der Waals surface area contributed by atoms with Crippen molar-refractivity contribution in [3.8, 4) is 11.5 Å². The molecule has 26 heavy (non-hydrogen) atoms. The number of amides is 2. The van der Waals surface area contributed by atoms with E-state index in [4.69, 9.17) is 21.1 Å². The lowest BCUT2D eigenvalue weighted by Gasteiger charge is -2.09. The second kappa shape index (κ2) is 10.3. The van der Waals surface area contributed by atoms with Crippen molar-refractivity contribution in [3.63, 3.8) is 0 Å². The number of anilines is 1. The van der Waals surface area contributed by atoms with E-state index in [0.717, 1.165) is 12.2 Å². The van der Waals surface area contributed by atoms with Gasteiger partial charge in [-0.15, -0.1) is 0 Å². The first kappa shape index (κ1) is 19.6. The van der Waals surface area contributed by atoms with Gasteiger partial charge in [-0.3, -0.25) is 9.59 Å². The lowest BCUT2D eigenvalue weighted by molar-refractivity contribution is -0.125. The summed E-state index contributed by atoms with van der Waals surface area (Å²) in [5.41, 5.74) is 0.607. The number of hydrogen-bond acceptors (Lipinski definition) is 4. The third-order valence-corrected chi connectivity index (χ3v) is 3.49. The highest BCUT2D eigenvalue weighted by Crippen LogP contribution is 2.17. The Morgan fingerprint density at radius 1 is 0.923 bits per heavy atom. The topological polar surface area (TPSA) is 76.7 Å². The molecule has 0 unspecified atom stereocenters. The largest absolute Gasteiger partial charge is 0.494 e. The van der Waals surface area contributed by atoms with E-state index >= 15 is 0 Å². The van der Waals surface area contributed by atoms with Crippen molar-refractivity contribution in [2.24, 2.45) is 0 Å². The zero-order chi connectivity index (χ0) is 18.8. The van der Waals surface area contributed by atoms with Gasteiger partial charge in [-0.1, -0.05) is 18.5 Å². The van der Waals surface area contributed by atoms with Crippen molar-refractivity contribution in [2.45, 2.75) is 13.3 Å². The highest BCUT2D eigenvalue weighted by atomic mass is 35.5. The molecule has 0 saturated carbocycles. The van der Waals surface area contributed by atoms with E-state index in [1.807, 2.05) is 6.92 Å². The van der Waals surface area contributed by atoms with E-state index in [2.05, 4.69) is 10.6 Å². The number of carbonyl (C=O) groups is 2. The molecule has 0 heterocycles. The van der Waals surface area contributed by atoms with Crippen LogP contribution in [0.1, 0.15) is 13.3 Å². The van der Waals surface area contributed by atoms with Crippen LogP contribution in [-0.2, 0) is 9.59 Å². The molecule has 7 heteroatoms. The summed E-state index contributed by atoms with van der Waals surface area (Å²) in [7, 11) is 0. The monoisotopic (exact) mass is 376 g/mol. The minimum Gasteiger partial charge on any atom is -0.494 e. The number of hydrogen-bond donors (Lipinski definition) is 2. The Balaban J connectivity index is 1.68. The van der Waals surface area contributed by atoms with Crippen molar-refractivity contribution in [1.29, 1.82) is 0 Å². The van der Waals surface area contributed by atoms with Gasteiger partial charge in [0.1, 0.15) is 11.5 Å². The van der Waals surface area contributed by atoms with Gasteiger partial charge in [0.15, 0.2) is 6.61 Å². The minimum atomic E-state index is -0.387. The standard InChI is InChI=1S/C19H21ClN2O4/c1-2-11-25-16-7-9-17(10-8-16)26-13-19(24)21-12-18(23)22-15-5-3-14(20)4-6-15/h3-10H,2,11-13H2,1H3,(H,21,24)(H,22,23). The first-order valence-corrected chi connectivity index (χ1v) is 8.62. The highest BCUT2D eigenvalue weighted by molar-refractivity contribution is 6.30. The van der Waals surface area contributed by atoms with E-state index in [0.29, 0.717) is 23.1 Å². The molecule has 138 valence electrons. The van der Waals surface area contributed by atoms with Gasteiger partial charge < -0.3 is 20.1 Å². The van der Waals surface area contributed by atoms with Crippen LogP contribution >= 0.6 is 11.6 Å². The molecule has 6 nitrogen and oxygen atoms in total. The number of nitrogens with one attached hydrogen (secondary N) is 2. The van der Waals surface area contributed by atoms with Crippen LogP contribution in [0.25, 0.3) is 0 Å². The molecule has 2 amide bonds. The average molecular weight is 377 g/mol. The number of benzene rings is 2. The fourth-order valence-corrected chi connectivity index (χ4v) is 2.10. The first-order valence-electron chi connectivity index (χ1n) is 8.24. The zero-order valence-corrected chi connectivity index (χ0v) is 15.2. The second-order valence-corrected chi connectivity index (χ2v) is 5.88. The Bertz CT molecular complexity index is 717. The molecule has 0 aromatic heterocycles. The zero-order valence-electron chi connectivity index (χ0n) is 14.5. The highest BCUT2D eigenvalue weighted by Gasteiger charge is 2.07. The smallest absolute Gasteiger partial charge is 0.258 e. The molecule has 2 rings (SSSR count). The van der Waals surface area contributed by atoms with E-state index in [-0.39, 0.29) is 25.0 Å². The fourth-order valence-electron chi connectivity index (χ4n) is 1.97. The summed E-state index contributed by atoms with van der Waals surface area (Å²) in [5.74, 6) is 0.581. The molecule has 0 aliphatic rings. The summed E-state index contributed by atoms with van der Waals surface area (Å²) < 4.78 is 10.8. The lowest BCUT2D eigenvalue weighted by atomic mass is 10.3. The van der Waals surface area contributed by atoms with Crippen LogP contribution in [0.5, 0.6) is 11.5 Å². The van der Waals surface area contributed by atoms with Gasteiger partial charge in [-0.25, -0.2) is 0 Å². The molecule has 2 aromatic rings. The summed E-state index contributed by atoms with van der Waals surface area (Å²) in [6.07, 6.45) is 0.935. The van der Waals surface area contributed by atoms with Gasteiger partial charge in [0.2, 0.25) is 5.91 Å². The maximum Gasteiger partial charge on any atom is 0.258 e. The van der Waals surface area contributed by atoms with Crippen molar-refractivity contribution in [2.75, 3.05) is 25.1 Å². The summed E-state index contributed by atoms with van der Waals surface area (Å²) in [5, 5.41) is 5.73. The molecule has 0 saturated heterocycles. The molecule has 0 aliphatic heterocycles. The van der Waals surface area contributed by atoms with Crippen LogP contribution in [0.2, 0.25) is 5.02 Å². The molecular weight excluding hydrogens is 356 g/mol. The van der Waals surface area contributed by atoms with Crippen LogP contribution in [0.4, 0.5) is 5.69 Å². The summed E-state index contributed by atoms with van der Waals surface area (Å²) in [4.78, 5) is 23.6. The predicted octanol–water partition coefficient (Wildman–Crippen LogP) is 3.26. The first-order chi connectivity index (χ1) is 12.6. The SMILES string of the molecule is CCCOc1ccc(OCC(=O)NCC(=O)Nc2ccc(Cl)cc2)cc1.